The summed E-state index contributed by atoms with van der Waals surface area (Å²) in [6.45, 7) is 7.37. The smallest absolute Gasteiger partial charge is 0.309 e. The van der Waals surface area contributed by atoms with Crippen LogP contribution < -0.4 is 0 Å². The molecule has 0 bridgehead atoms. The van der Waals surface area contributed by atoms with E-state index in [2.05, 4.69) is 6.92 Å². The summed E-state index contributed by atoms with van der Waals surface area (Å²) in [5.74, 6) is -2.88. The lowest BCUT2D eigenvalue weighted by Gasteiger charge is -2.26. The van der Waals surface area contributed by atoms with E-state index in [0.29, 0.717) is 6.42 Å². The standard InChI is InChI=1S/C26H34O7/c1-5-6-7-8-13-26(4,32)15-22(30)33-21(12-9-16(2)3)17-14-20(29)23-18(27)10-11-19(28)24(23)25(17)31/h9-11,14,21,27-28,32H,5-8,12-13,15H2,1-4H3/t21-,26?/m1/s1. The number of Topliss-reactive ketones (excluding diaryl/α,β-unsaturated/α-hetero) is 1. The number of carbonyl (C=O) groups is 3. The van der Waals surface area contributed by atoms with Crippen molar-refractivity contribution in [2.24, 2.45) is 0 Å². The van der Waals surface area contributed by atoms with Gasteiger partial charge in [0.05, 0.1) is 23.1 Å². The molecule has 1 aliphatic rings. The van der Waals surface area contributed by atoms with Crippen LogP contribution in [0.3, 0.4) is 0 Å². The van der Waals surface area contributed by atoms with Gasteiger partial charge in [-0.2, -0.15) is 0 Å². The molecule has 2 rings (SSSR count). The fraction of sp³-hybridized carbons (Fsp3) is 0.500. The number of hydrogen-bond donors (Lipinski definition) is 3. The van der Waals surface area contributed by atoms with E-state index >= 15 is 0 Å². The van der Waals surface area contributed by atoms with Crippen molar-refractivity contribution in [1.82, 2.24) is 0 Å². The summed E-state index contributed by atoms with van der Waals surface area (Å²) in [7, 11) is 0. The molecule has 1 unspecified atom stereocenters. The van der Waals surface area contributed by atoms with E-state index in [1.807, 2.05) is 13.8 Å². The largest absolute Gasteiger partial charge is 0.507 e. The molecule has 0 amide bonds. The second kappa shape index (κ2) is 11.3. The molecule has 0 saturated heterocycles. The number of phenols is 2. The molecule has 2 atom stereocenters. The molecule has 180 valence electrons. The van der Waals surface area contributed by atoms with Crippen LogP contribution in [0.15, 0.2) is 35.4 Å². The fourth-order valence-electron chi connectivity index (χ4n) is 3.84. The van der Waals surface area contributed by atoms with E-state index in [-0.39, 0.29) is 29.5 Å². The number of hydrogen-bond acceptors (Lipinski definition) is 7. The first-order valence-corrected chi connectivity index (χ1v) is 11.4. The van der Waals surface area contributed by atoms with Gasteiger partial charge < -0.3 is 20.1 Å². The number of fused-ring (bicyclic) bond motifs is 1. The Morgan fingerprint density at radius 1 is 1.09 bits per heavy atom. The highest BCUT2D eigenvalue weighted by Gasteiger charge is 2.36. The molecule has 33 heavy (non-hydrogen) atoms. The van der Waals surface area contributed by atoms with Crippen molar-refractivity contribution in [2.45, 2.75) is 84.3 Å². The summed E-state index contributed by atoms with van der Waals surface area (Å²) in [6.07, 6.45) is 5.96. The van der Waals surface area contributed by atoms with Gasteiger partial charge in [0.2, 0.25) is 0 Å². The summed E-state index contributed by atoms with van der Waals surface area (Å²) in [5.41, 5.74) is -0.981. The minimum atomic E-state index is -1.25. The van der Waals surface area contributed by atoms with Gasteiger partial charge in [0.25, 0.3) is 0 Å². The zero-order valence-corrected chi connectivity index (χ0v) is 19.8. The van der Waals surface area contributed by atoms with Crippen molar-refractivity contribution in [2.75, 3.05) is 0 Å². The number of benzene rings is 1. The number of aliphatic hydroxyl groups is 1. The maximum Gasteiger partial charge on any atom is 0.309 e. The van der Waals surface area contributed by atoms with E-state index < -0.39 is 40.7 Å². The molecule has 1 aromatic carbocycles. The summed E-state index contributed by atoms with van der Waals surface area (Å²) >= 11 is 0. The molecular weight excluding hydrogens is 424 g/mol. The summed E-state index contributed by atoms with van der Waals surface area (Å²) in [5, 5.41) is 30.8. The van der Waals surface area contributed by atoms with Gasteiger partial charge in [-0.05, 0) is 45.4 Å². The third-order valence-corrected chi connectivity index (χ3v) is 5.64. The molecule has 0 spiro atoms. The number of phenolic OH excluding ortho intramolecular Hbond substituents is 2. The first-order valence-electron chi connectivity index (χ1n) is 11.4. The number of esters is 1. The van der Waals surface area contributed by atoms with Crippen LogP contribution in [0.5, 0.6) is 11.5 Å². The van der Waals surface area contributed by atoms with Crippen molar-refractivity contribution < 1.29 is 34.4 Å². The van der Waals surface area contributed by atoms with Crippen LogP contribution in [-0.2, 0) is 9.53 Å². The van der Waals surface area contributed by atoms with E-state index in [4.69, 9.17) is 4.74 Å². The minimum absolute atomic E-state index is 0.0816. The highest BCUT2D eigenvalue weighted by molar-refractivity contribution is 6.27. The molecule has 7 heteroatoms. The molecular formula is C26H34O7. The van der Waals surface area contributed by atoms with Crippen LogP contribution in [0.25, 0.3) is 0 Å². The first-order chi connectivity index (χ1) is 15.5. The van der Waals surface area contributed by atoms with Gasteiger partial charge in [-0.3, -0.25) is 14.4 Å². The maximum atomic E-state index is 13.1. The van der Waals surface area contributed by atoms with E-state index in [0.717, 1.165) is 49.5 Å². The number of carbonyl (C=O) groups excluding carboxylic acids is 3. The lowest BCUT2D eigenvalue weighted by atomic mass is 9.85. The quantitative estimate of drug-likeness (QED) is 0.189. The zero-order chi connectivity index (χ0) is 24.8. The zero-order valence-electron chi connectivity index (χ0n) is 19.8. The second-order valence-electron chi connectivity index (χ2n) is 9.13. The molecule has 0 saturated carbocycles. The van der Waals surface area contributed by atoms with Crippen LogP contribution in [-0.4, -0.2) is 44.6 Å². The van der Waals surface area contributed by atoms with Crippen molar-refractivity contribution in [1.29, 1.82) is 0 Å². The second-order valence-corrected chi connectivity index (χ2v) is 9.13. The number of unbranched alkanes of at least 4 members (excludes halogenated alkanes) is 3. The Morgan fingerprint density at radius 2 is 1.73 bits per heavy atom. The average molecular weight is 459 g/mol. The molecule has 3 N–H and O–H groups in total. The van der Waals surface area contributed by atoms with Crippen molar-refractivity contribution in [3.05, 3.63) is 46.6 Å². The Hall–Kier alpha value is -2.93. The van der Waals surface area contributed by atoms with E-state index in [1.54, 1.807) is 13.0 Å². The fourth-order valence-corrected chi connectivity index (χ4v) is 3.84. The third kappa shape index (κ3) is 7.02. The van der Waals surface area contributed by atoms with Gasteiger partial charge in [0.15, 0.2) is 11.6 Å². The number of aromatic hydroxyl groups is 2. The third-order valence-electron chi connectivity index (χ3n) is 5.64. The Balaban J connectivity index is 2.25. The molecule has 1 aromatic rings. The summed E-state index contributed by atoms with van der Waals surface area (Å²) in [6, 6.07) is 2.27. The number of ketones is 2. The Bertz CT molecular complexity index is 965. The lowest BCUT2D eigenvalue weighted by molar-refractivity contribution is -0.152. The minimum Gasteiger partial charge on any atom is -0.507 e. The predicted molar refractivity (Wildman–Crippen MR) is 124 cm³/mol. The van der Waals surface area contributed by atoms with Gasteiger partial charge in [-0.1, -0.05) is 44.3 Å². The molecule has 7 nitrogen and oxygen atoms in total. The Labute approximate surface area is 194 Å². The number of ether oxygens (including phenoxy) is 1. The number of allylic oxidation sites excluding steroid dienone is 2. The van der Waals surface area contributed by atoms with Crippen molar-refractivity contribution in [3.63, 3.8) is 0 Å². The summed E-state index contributed by atoms with van der Waals surface area (Å²) < 4.78 is 5.58. The maximum absolute atomic E-state index is 13.1. The average Bonchev–Trinajstić information content (AvgIpc) is 2.72. The lowest BCUT2D eigenvalue weighted by Crippen LogP contribution is -2.33. The highest BCUT2D eigenvalue weighted by atomic mass is 16.5. The van der Waals surface area contributed by atoms with E-state index in [1.165, 1.54) is 0 Å². The Morgan fingerprint density at radius 3 is 2.33 bits per heavy atom. The van der Waals surface area contributed by atoms with Crippen molar-refractivity contribution in [3.8, 4) is 11.5 Å². The normalized spacial score (nSPS) is 15.8. The van der Waals surface area contributed by atoms with Crippen LogP contribution >= 0.6 is 0 Å². The van der Waals surface area contributed by atoms with Crippen molar-refractivity contribution >= 4 is 17.5 Å². The molecule has 0 radical (unpaired) electrons. The van der Waals surface area contributed by atoms with Gasteiger partial charge in [0.1, 0.15) is 17.6 Å². The van der Waals surface area contributed by atoms with Crippen LogP contribution in [0.4, 0.5) is 0 Å². The van der Waals surface area contributed by atoms with Crippen LogP contribution in [0, 0.1) is 0 Å². The molecule has 0 heterocycles. The predicted octanol–water partition coefficient (Wildman–Crippen LogP) is 4.78. The number of rotatable bonds is 11. The van der Waals surface area contributed by atoms with Crippen LogP contribution in [0.1, 0.15) is 93.4 Å². The summed E-state index contributed by atoms with van der Waals surface area (Å²) in [4.78, 5) is 38.5. The monoisotopic (exact) mass is 458 g/mol. The Kier molecular flexibility index (Phi) is 8.99. The van der Waals surface area contributed by atoms with Gasteiger partial charge in [-0.15, -0.1) is 0 Å². The van der Waals surface area contributed by atoms with Crippen LogP contribution in [0.2, 0.25) is 0 Å². The SMILES string of the molecule is CCCCCCC(C)(O)CC(=O)O[C@H](CC=C(C)C)C1=CC(=O)c2c(O)ccc(O)c2C1=O. The molecule has 0 aromatic heterocycles. The molecule has 0 aliphatic heterocycles. The van der Waals surface area contributed by atoms with Gasteiger partial charge in [-0.25, -0.2) is 0 Å². The van der Waals surface area contributed by atoms with Gasteiger partial charge >= 0.3 is 5.97 Å². The first kappa shape index (κ1) is 26.3. The van der Waals surface area contributed by atoms with E-state index in [9.17, 15) is 29.7 Å². The highest BCUT2D eigenvalue weighted by Crippen LogP contribution is 2.36. The van der Waals surface area contributed by atoms with Gasteiger partial charge in [0, 0.05) is 12.0 Å². The molecule has 0 fully saturated rings. The molecule has 1 aliphatic carbocycles. The topological polar surface area (TPSA) is 121 Å².